The molecule has 1 aromatic rings. The van der Waals surface area contributed by atoms with Gasteiger partial charge in [0.1, 0.15) is 0 Å². The second-order valence-corrected chi connectivity index (χ2v) is 4.53. The van der Waals surface area contributed by atoms with Crippen LogP contribution >= 0.6 is 0 Å². The molecule has 0 saturated heterocycles. The number of hydrogen-bond donors (Lipinski definition) is 1. The van der Waals surface area contributed by atoms with Gasteiger partial charge in [-0.2, -0.15) is 0 Å². The highest BCUT2D eigenvalue weighted by atomic mass is 16.2. The van der Waals surface area contributed by atoms with E-state index in [2.05, 4.69) is 0 Å². The van der Waals surface area contributed by atoms with Gasteiger partial charge in [-0.1, -0.05) is 12.1 Å². The number of carbonyl (C=O) groups is 1. The minimum atomic E-state index is 0.0993. The lowest BCUT2D eigenvalue weighted by molar-refractivity contribution is 0.0788. The molecule has 16 heavy (non-hydrogen) atoms. The molecule has 3 nitrogen and oxygen atoms in total. The van der Waals surface area contributed by atoms with E-state index in [4.69, 9.17) is 5.73 Å². The lowest BCUT2D eigenvalue weighted by atomic mass is 10.1. The Morgan fingerprint density at radius 2 is 2.25 bits per heavy atom. The first-order chi connectivity index (χ1) is 7.70. The van der Waals surface area contributed by atoms with E-state index in [0.29, 0.717) is 6.54 Å². The van der Waals surface area contributed by atoms with Gasteiger partial charge in [-0.15, -0.1) is 0 Å². The highest BCUT2D eigenvalue weighted by Gasteiger charge is 2.25. The summed E-state index contributed by atoms with van der Waals surface area (Å²) in [6.45, 7) is 1.36. The molecule has 86 valence electrons. The van der Waals surface area contributed by atoms with Crippen LogP contribution in [0.4, 0.5) is 0 Å². The molecule has 3 heteroatoms. The number of hydrogen-bond acceptors (Lipinski definition) is 2. The van der Waals surface area contributed by atoms with Gasteiger partial charge in [0.2, 0.25) is 0 Å². The molecule has 1 amide bonds. The van der Waals surface area contributed by atoms with E-state index in [1.54, 1.807) is 0 Å². The first-order valence-corrected chi connectivity index (χ1v) is 5.75. The second-order valence-electron chi connectivity index (χ2n) is 4.53. The van der Waals surface area contributed by atoms with Crippen LogP contribution in [0.3, 0.4) is 0 Å². The molecule has 1 aliphatic rings. The summed E-state index contributed by atoms with van der Waals surface area (Å²) in [7, 11) is 1.87. The lowest BCUT2D eigenvalue weighted by Gasteiger charge is -2.17. The van der Waals surface area contributed by atoms with Crippen molar-refractivity contribution >= 4 is 5.91 Å². The van der Waals surface area contributed by atoms with E-state index < -0.39 is 0 Å². The Morgan fingerprint density at radius 3 is 2.88 bits per heavy atom. The second kappa shape index (κ2) is 4.66. The van der Waals surface area contributed by atoms with E-state index in [-0.39, 0.29) is 5.91 Å². The van der Waals surface area contributed by atoms with Crippen molar-refractivity contribution in [1.29, 1.82) is 0 Å². The van der Waals surface area contributed by atoms with E-state index in [9.17, 15) is 4.79 Å². The third kappa shape index (κ3) is 2.61. The molecule has 0 spiro atoms. The molecule has 0 atom stereocenters. The van der Waals surface area contributed by atoms with E-state index >= 15 is 0 Å². The van der Waals surface area contributed by atoms with Crippen molar-refractivity contribution in [3.63, 3.8) is 0 Å². The number of rotatable bonds is 4. The van der Waals surface area contributed by atoms with Crippen LogP contribution in [0.1, 0.15) is 28.8 Å². The van der Waals surface area contributed by atoms with Gasteiger partial charge in [-0.25, -0.2) is 0 Å². The first kappa shape index (κ1) is 11.1. The maximum Gasteiger partial charge on any atom is 0.253 e. The van der Waals surface area contributed by atoms with Gasteiger partial charge in [0, 0.05) is 25.7 Å². The number of amides is 1. The van der Waals surface area contributed by atoms with Crippen molar-refractivity contribution in [3.8, 4) is 0 Å². The number of nitrogens with two attached hydrogens (primary N) is 1. The van der Waals surface area contributed by atoms with Crippen LogP contribution in [0.15, 0.2) is 24.3 Å². The fourth-order valence-electron chi connectivity index (χ4n) is 1.82. The zero-order valence-corrected chi connectivity index (χ0v) is 9.65. The predicted molar refractivity (Wildman–Crippen MR) is 64.0 cm³/mol. The average Bonchev–Trinajstić information content (AvgIpc) is 3.12. The SMILES string of the molecule is CN(CC1CC1)C(=O)c1cccc(CN)c1. The number of carbonyl (C=O) groups excluding carboxylic acids is 1. The molecule has 1 aliphatic carbocycles. The molecule has 0 bridgehead atoms. The molecule has 0 heterocycles. The Balaban J connectivity index is 2.06. The molecule has 0 aliphatic heterocycles. The van der Waals surface area contributed by atoms with Gasteiger partial charge in [-0.3, -0.25) is 4.79 Å². The highest BCUT2D eigenvalue weighted by Crippen LogP contribution is 2.29. The Morgan fingerprint density at radius 1 is 1.50 bits per heavy atom. The summed E-state index contributed by atoms with van der Waals surface area (Å²) < 4.78 is 0. The Labute approximate surface area is 96.2 Å². The predicted octanol–water partition coefficient (Wildman–Crippen LogP) is 1.63. The molecule has 1 fully saturated rings. The third-order valence-electron chi connectivity index (χ3n) is 2.99. The first-order valence-electron chi connectivity index (χ1n) is 5.75. The monoisotopic (exact) mass is 218 g/mol. The van der Waals surface area contributed by atoms with Crippen LogP contribution in [0, 0.1) is 5.92 Å². The van der Waals surface area contributed by atoms with Gasteiger partial charge in [0.25, 0.3) is 5.91 Å². The highest BCUT2D eigenvalue weighted by molar-refractivity contribution is 5.94. The van der Waals surface area contributed by atoms with E-state index in [0.717, 1.165) is 23.6 Å². The molecular formula is C13H18N2O. The van der Waals surface area contributed by atoms with Crippen LogP contribution in [-0.2, 0) is 6.54 Å². The Bertz CT molecular complexity index is 385. The normalized spacial score (nSPS) is 14.9. The molecule has 0 radical (unpaired) electrons. The topological polar surface area (TPSA) is 46.3 Å². The van der Waals surface area contributed by atoms with Gasteiger partial charge in [0.15, 0.2) is 0 Å². The zero-order chi connectivity index (χ0) is 11.5. The van der Waals surface area contributed by atoms with Crippen LogP contribution in [0.5, 0.6) is 0 Å². The van der Waals surface area contributed by atoms with Crippen LogP contribution in [0.2, 0.25) is 0 Å². The smallest absolute Gasteiger partial charge is 0.253 e. The summed E-state index contributed by atoms with van der Waals surface area (Å²) >= 11 is 0. The molecule has 0 unspecified atom stereocenters. The fraction of sp³-hybridized carbons (Fsp3) is 0.462. The summed E-state index contributed by atoms with van der Waals surface area (Å²) in [5.41, 5.74) is 7.31. The molecule has 2 rings (SSSR count). The van der Waals surface area contributed by atoms with Crippen molar-refractivity contribution in [2.75, 3.05) is 13.6 Å². The molecule has 1 saturated carbocycles. The third-order valence-corrected chi connectivity index (χ3v) is 2.99. The quantitative estimate of drug-likeness (QED) is 0.835. The van der Waals surface area contributed by atoms with Gasteiger partial charge < -0.3 is 10.6 Å². The van der Waals surface area contributed by atoms with Crippen molar-refractivity contribution < 1.29 is 4.79 Å². The standard InChI is InChI=1S/C13H18N2O/c1-15(9-10-5-6-10)13(16)12-4-2-3-11(7-12)8-14/h2-4,7,10H,5-6,8-9,14H2,1H3. The van der Waals surface area contributed by atoms with Crippen LogP contribution in [-0.4, -0.2) is 24.4 Å². The summed E-state index contributed by atoms with van der Waals surface area (Å²) in [6.07, 6.45) is 2.53. The largest absolute Gasteiger partial charge is 0.341 e. The van der Waals surface area contributed by atoms with Crippen LogP contribution in [0.25, 0.3) is 0 Å². The lowest BCUT2D eigenvalue weighted by Crippen LogP contribution is -2.28. The van der Waals surface area contributed by atoms with Crippen molar-refractivity contribution in [2.45, 2.75) is 19.4 Å². The van der Waals surface area contributed by atoms with Crippen molar-refractivity contribution in [1.82, 2.24) is 4.90 Å². The molecule has 0 aromatic heterocycles. The number of benzene rings is 1. The van der Waals surface area contributed by atoms with E-state index in [1.807, 2.05) is 36.2 Å². The maximum atomic E-state index is 12.1. The van der Waals surface area contributed by atoms with E-state index in [1.165, 1.54) is 12.8 Å². The Hall–Kier alpha value is -1.35. The zero-order valence-electron chi connectivity index (χ0n) is 9.65. The van der Waals surface area contributed by atoms with Gasteiger partial charge in [-0.05, 0) is 36.5 Å². The Kier molecular flexibility index (Phi) is 3.25. The average molecular weight is 218 g/mol. The summed E-state index contributed by atoms with van der Waals surface area (Å²) in [5, 5.41) is 0. The van der Waals surface area contributed by atoms with Crippen molar-refractivity contribution in [2.24, 2.45) is 11.7 Å². The fourth-order valence-corrected chi connectivity index (χ4v) is 1.82. The summed E-state index contributed by atoms with van der Waals surface area (Å²) in [4.78, 5) is 13.9. The van der Waals surface area contributed by atoms with Gasteiger partial charge >= 0.3 is 0 Å². The number of nitrogens with zero attached hydrogens (tertiary/aromatic N) is 1. The van der Waals surface area contributed by atoms with Gasteiger partial charge in [0.05, 0.1) is 0 Å². The molecule has 2 N–H and O–H groups in total. The van der Waals surface area contributed by atoms with Crippen molar-refractivity contribution in [3.05, 3.63) is 35.4 Å². The minimum Gasteiger partial charge on any atom is -0.341 e. The van der Waals surface area contributed by atoms with Crippen LogP contribution < -0.4 is 5.73 Å². The molecule has 1 aromatic carbocycles. The summed E-state index contributed by atoms with van der Waals surface area (Å²) in [5.74, 6) is 0.828. The minimum absolute atomic E-state index is 0.0993. The molecular weight excluding hydrogens is 200 g/mol. The summed E-state index contributed by atoms with van der Waals surface area (Å²) in [6, 6.07) is 7.56. The maximum absolute atomic E-state index is 12.1.